The average molecular weight is 431 g/mol. The van der Waals surface area contributed by atoms with E-state index in [0.29, 0.717) is 28.6 Å². The number of hydrogen-bond donors (Lipinski definition) is 1. The Morgan fingerprint density at radius 2 is 1.81 bits per heavy atom. The summed E-state index contributed by atoms with van der Waals surface area (Å²) in [5.74, 6) is 0.0527. The summed E-state index contributed by atoms with van der Waals surface area (Å²) in [4.78, 5) is 39.6. The molecule has 154 valence electrons. The van der Waals surface area contributed by atoms with Crippen molar-refractivity contribution in [1.29, 1.82) is 5.26 Å². The van der Waals surface area contributed by atoms with Gasteiger partial charge in [0.1, 0.15) is 11.7 Å². The van der Waals surface area contributed by atoms with E-state index in [2.05, 4.69) is 10.4 Å². The van der Waals surface area contributed by atoms with E-state index in [-0.39, 0.29) is 17.2 Å². The second kappa shape index (κ2) is 8.85. The van der Waals surface area contributed by atoms with E-state index in [1.807, 2.05) is 12.1 Å². The molecular weight excluding hydrogens is 414 g/mol. The van der Waals surface area contributed by atoms with Crippen molar-refractivity contribution in [2.45, 2.75) is 6.04 Å². The number of nitrogens with one attached hydrogen (secondary N) is 1. The van der Waals surface area contributed by atoms with Gasteiger partial charge < -0.3 is 10.2 Å². The maximum absolute atomic E-state index is 13.1. The van der Waals surface area contributed by atoms with Crippen LogP contribution in [0.1, 0.15) is 16.1 Å². The molecule has 0 radical (unpaired) electrons. The number of rotatable bonds is 4. The van der Waals surface area contributed by atoms with Crippen molar-refractivity contribution in [1.82, 2.24) is 14.7 Å². The molecule has 1 fully saturated rings. The number of amides is 2. The summed E-state index contributed by atoms with van der Waals surface area (Å²) in [6.45, 7) is 0. The van der Waals surface area contributed by atoms with Gasteiger partial charge in [-0.15, -0.1) is 11.8 Å². The molecule has 1 unspecified atom stereocenters. The van der Waals surface area contributed by atoms with Gasteiger partial charge in [-0.05, 0) is 42.5 Å². The van der Waals surface area contributed by atoms with Gasteiger partial charge in [0.15, 0.2) is 0 Å². The summed E-state index contributed by atoms with van der Waals surface area (Å²) in [5, 5.41) is 15.9. The van der Waals surface area contributed by atoms with Gasteiger partial charge in [-0.3, -0.25) is 14.4 Å². The quantitative estimate of drug-likeness (QED) is 0.679. The number of nitriles is 1. The van der Waals surface area contributed by atoms with Crippen molar-refractivity contribution in [3.8, 4) is 11.8 Å². The fourth-order valence-electron chi connectivity index (χ4n) is 3.14. The van der Waals surface area contributed by atoms with Gasteiger partial charge in [-0.1, -0.05) is 18.2 Å². The van der Waals surface area contributed by atoms with Crippen molar-refractivity contribution in [3.05, 3.63) is 88.3 Å². The second-order valence-electron chi connectivity index (χ2n) is 6.77. The molecule has 2 heterocycles. The Kier molecular flexibility index (Phi) is 5.82. The van der Waals surface area contributed by atoms with Crippen LogP contribution in [0.25, 0.3) is 5.69 Å². The third-order valence-corrected chi connectivity index (χ3v) is 5.76. The van der Waals surface area contributed by atoms with E-state index < -0.39 is 11.9 Å². The lowest BCUT2D eigenvalue weighted by Crippen LogP contribution is -2.45. The van der Waals surface area contributed by atoms with E-state index >= 15 is 0 Å². The van der Waals surface area contributed by atoms with E-state index in [4.69, 9.17) is 5.26 Å². The largest absolute Gasteiger partial charge is 0.324 e. The minimum Gasteiger partial charge on any atom is -0.324 e. The smallest absolute Gasteiger partial charge is 0.275 e. The summed E-state index contributed by atoms with van der Waals surface area (Å²) < 4.78 is 1.17. The highest BCUT2D eigenvalue weighted by molar-refractivity contribution is 7.99. The van der Waals surface area contributed by atoms with Gasteiger partial charge in [0.2, 0.25) is 5.91 Å². The second-order valence-corrected chi connectivity index (χ2v) is 7.77. The first kappa shape index (κ1) is 20.4. The molecule has 1 saturated heterocycles. The molecule has 8 nitrogen and oxygen atoms in total. The molecule has 2 aromatic carbocycles. The number of aromatic nitrogens is 2. The highest BCUT2D eigenvalue weighted by Gasteiger charge is 2.36. The van der Waals surface area contributed by atoms with Crippen molar-refractivity contribution in [2.75, 3.05) is 16.9 Å². The zero-order valence-electron chi connectivity index (χ0n) is 16.3. The van der Waals surface area contributed by atoms with Crippen LogP contribution in [0.5, 0.6) is 0 Å². The molecule has 2 amide bonds. The predicted molar refractivity (Wildman–Crippen MR) is 117 cm³/mol. The van der Waals surface area contributed by atoms with E-state index in [1.165, 1.54) is 33.5 Å². The molecule has 0 aliphatic carbocycles. The molecule has 0 bridgehead atoms. The molecule has 0 spiro atoms. The number of hydrogen-bond acceptors (Lipinski definition) is 6. The number of nitrogens with zero attached hydrogens (tertiary/aromatic N) is 4. The number of benzene rings is 2. The molecule has 1 aliphatic rings. The van der Waals surface area contributed by atoms with Crippen molar-refractivity contribution in [3.63, 3.8) is 0 Å². The molecule has 1 atom stereocenters. The van der Waals surface area contributed by atoms with Gasteiger partial charge in [0.25, 0.3) is 11.5 Å². The molecule has 4 rings (SSSR count). The highest BCUT2D eigenvalue weighted by Crippen LogP contribution is 2.24. The summed E-state index contributed by atoms with van der Waals surface area (Å²) in [5.41, 5.74) is 1.32. The zero-order chi connectivity index (χ0) is 21.8. The van der Waals surface area contributed by atoms with Crippen LogP contribution < -0.4 is 10.9 Å². The lowest BCUT2D eigenvalue weighted by atomic mass is 10.2. The summed E-state index contributed by atoms with van der Waals surface area (Å²) in [6, 6.07) is 19.3. The first-order chi connectivity index (χ1) is 15.1. The van der Waals surface area contributed by atoms with Gasteiger partial charge >= 0.3 is 0 Å². The average Bonchev–Trinajstić information content (AvgIpc) is 3.30. The number of carbonyl (C=O) groups is 2. The summed E-state index contributed by atoms with van der Waals surface area (Å²) in [7, 11) is 0. The third-order valence-electron chi connectivity index (χ3n) is 4.75. The monoisotopic (exact) mass is 431 g/mol. The van der Waals surface area contributed by atoms with Gasteiger partial charge in [-0.2, -0.15) is 15.0 Å². The molecule has 31 heavy (non-hydrogen) atoms. The number of para-hydroxylation sites is 1. The minimum absolute atomic E-state index is 0.0853. The molecule has 1 aliphatic heterocycles. The molecule has 1 N–H and O–H groups in total. The Balaban J connectivity index is 1.54. The molecule has 0 saturated carbocycles. The van der Waals surface area contributed by atoms with Crippen LogP contribution >= 0.6 is 11.8 Å². The predicted octanol–water partition coefficient (Wildman–Crippen LogP) is 2.26. The highest BCUT2D eigenvalue weighted by atomic mass is 32.2. The first-order valence-corrected chi connectivity index (χ1v) is 10.6. The van der Waals surface area contributed by atoms with Crippen LogP contribution in [0.15, 0.2) is 71.5 Å². The van der Waals surface area contributed by atoms with Crippen LogP contribution in [-0.2, 0) is 4.79 Å². The Morgan fingerprint density at radius 3 is 2.52 bits per heavy atom. The van der Waals surface area contributed by atoms with Crippen LogP contribution in [-0.4, -0.2) is 44.2 Å². The molecule has 3 aromatic rings. The molecule has 9 heteroatoms. The molecular formula is C22H17N5O3S. The Labute approximate surface area is 182 Å². The zero-order valence-corrected chi connectivity index (χ0v) is 17.1. The Bertz CT molecular complexity index is 1220. The topological polar surface area (TPSA) is 108 Å². The summed E-state index contributed by atoms with van der Waals surface area (Å²) >= 11 is 1.47. The Morgan fingerprint density at radius 1 is 1.06 bits per heavy atom. The fraction of sp³-hybridized carbons (Fsp3) is 0.136. The SMILES string of the molecule is N#Cc1ccc(NC(=O)C2CSCN2C(=O)c2ccc(=O)n(-c3ccccc3)n2)cc1. The standard InChI is InChI=1S/C22H17N5O3S/c23-12-15-6-8-16(9-7-15)24-21(29)19-13-31-14-26(19)22(30)18-10-11-20(28)27(25-18)17-4-2-1-3-5-17/h1-11,19H,13-14H2,(H,24,29). The van der Waals surface area contributed by atoms with Gasteiger partial charge in [0, 0.05) is 17.5 Å². The van der Waals surface area contributed by atoms with Crippen LogP contribution in [0.2, 0.25) is 0 Å². The number of carbonyl (C=O) groups excluding carboxylic acids is 2. The van der Waals surface area contributed by atoms with Crippen LogP contribution in [0, 0.1) is 11.3 Å². The normalized spacial score (nSPS) is 15.3. The summed E-state index contributed by atoms with van der Waals surface area (Å²) in [6.07, 6.45) is 0. The lowest BCUT2D eigenvalue weighted by molar-refractivity contribution is -0.119. The first-order valence-electron chi connectivity index (χ1n) is 9.42. The maximum atomic E-state index is 13.1. The van der Waals surface area contributed by atoms with Crippen LogP contribution in [0.4, 0.5) is 5.69 Å². The van der Waals surface area contributed by atoms with Crippen molar-refractivity contribution >= 4 is 29.3 Å². The fourth-order valence-corrected chi connectivity index (χ4v) is 4.29. The van der Waals surface area contributed by atoms with Gasteiger partial charge in [0.05, 0.1) is 23.2 Å². The van der Waals surface area contributed by atoms with Crippen molar-refractivity contribution in [2.24, 2.45) is 0 Å². The molecule has 1 aromatic heterocycles. The van der Waals surface area contributed by atoms with Crippen molar-refractivity contribution < 1.29 is 9.59 Å². The van der Waals surface area contributed by atoms with E-state index in [0.717, 1.165) is 0 Å². The lowest BCUT2D eigenvalue weighted by Gasteiger charge is -2.23. The maximum Gasteiger partial charge on any atom is 0.275 e. The Hall–Kier alpha value is -3.90. The van der Waals surface area contributed by atoms with E-state index in [9.17, 15) is 14.4 Å². The number of anilines is 1. The van der Waals surface area contributed by atoms with Crippen LogP contribution in [0.3, 0.4) is 0 Å². The van der Waals surface area contributed by atoms with Gasteiger partial charge in [-0.25, -0.2) is 0 Å². The van der Waals surface area contributed by atoms with E-state index in [1.54, 1.807) is 48.5 Å². The minimum atomic E-state index is -0.674. The number of thioether (sulfide) groups is 1. The third kappa shape index (κ3) is 4.34.